The van der Waals surface area contributed by atoms with Crippen molar-refractivity contribution in [2.45, 2.75) is 25.4 Å². The standard InChI is InChI=1S/C15H16FNO/c1-2-15(18,11-12-6-8-17-9-7-12)13-4-3-5-14(16)10-13/h3-10,18H,2,11H2,1H3. The van der Waals surface area contributed by atoms with Crippen LogP contribution in [0.1, 0.15) is 24.5 Å². The van der Waals surface area contributed by atoms with E-state index in [1.165, 1.54) is 12.1 Å². The van der Waals surface area contributed by atoms with E-state index in [-0.39, 0.29) is 5.82 Å². The van der Waals surface area contributed by atoms with Crippen LogP contribution in [-0.2, 0) is 12.0 Å². The van der Waals surface area contributed by atoms with Crippen molar-refractivity contribution in [2.75, 3.05) is 0 Å². The molecule has 0 fully saturated rings. The Morgan fingerprint density at radius 3 is 2.56 bits per heavy atom. The van der Waals surface area contributed by atoms with Crippen LogP contribution in [0.2, 0.25) is 0 Å². The molecule has 2 aromatic rings. The van der Waals surface area contributed by atoms with Crippen molar-refractivity contribution in [3.63, 3.8) is 0 Å². The molecule has 1 unspecified atom stereocenters. The number of rotatable bonds is 4. The molecule has 0 bridgehead atoms. The summed E-state index contributed by atoms with van der Waals surface area (Å²) in [4.78, 5) is 3.95. The Morgan fingerprint density at radius 1 is 1.22 bits per heavy atom. The Hall–Kier alpha value is -1.74. The minimum atomic E-state index is -1.04. The van der Waals surface area contributed by atoms with Gasteiger partial charge in [0.05, 0.1) is 5.60 Å². The number of halogens is 1. The molecule has 0 saturated carbocycles. The summed E-state index contributed by atoms with van der Waals surface area (Å²) in [6.45, 7) is 1.89. The first-order valence-corrected chi connectivity index (χ1v) is 6.01. The lowest BCUT2D eigenvalue weighted by Crippen LogP contribution is -2.27. The molecule has 1 aromatic carbocycles. The van der Waals surface area contributed by atoms with Crippen molar-refractivity contribution in [3.05, 3.63) is 65.7 Å². The zero-order chi connectivity index (χ0) is 13.0. The normalized spacial score (nSPS) is 14.2. The minimum Gasteiger partial charge on any atom is -0.385 e. The fourth-order valence-electron chi connectivity index (χ4n) is 2.05. The Morgan fingerprint density at radius 2 is 1.94 bits per heavy atom. The molecule has 0 amide bonds. The van der Waals surface area contributed by atoms with E-state index >= 15 is 0 Å². The second-order valence-electron chi connectivity index (χ2n) is 4.43. The maximum absolute atomic E-state index is 13.3. The van der Waals surface area contributed by atoms with Gasteiger partial charge in [-0.3, -0.25) is 4.98 Å². The van der Waals surface area contributed by atoms with Crippen molar-refractivity contribution in [2.24, 2.45) is 0 Å². The number of nitrogens with zero attached hydrogens (tertiary/aromatic N) is 1. The monoisotopic (exact) mass is 245 g/mol. The maximum Gasteiger partial charge on any atom is 0.123 e. The second-order valence-corrected chi connectivity index (χ2v) is 4.43. The van der Waals surface area contributed by atoms with Crippen molar-refractivity contribution >= 4 is 0 Å². The number of pyridine rings is 1. The third-order valence-electron chi connectivity index (χ3n) is 3.19. The van der Waals surface area contributed by atoms with Crippen molar-refractivity contribution in [3.8, 4) is 0 Å². The lowest BCUT2D eigenvalue weighted by Gasteiger charge is -2.27. The smallest absolute Gasteiger partial charge is 0.123 e. The SMILES string of the molecule is CCC(O)(Cc1ccncc1)c1cccc(F)c1. The Bertz CT molecular complexity index is 515. The molecule has 0 aliphatic heterocycles. The van der Waals surface area contributed by atoms with Gasteiger partial charge < -0.3 is 5.11 Å². The highest BCUT2D eigenvalue weighted by Crippen LogP contribution is 2.29. The van der Waals surface area contributed by atoms with Gasteiger partial charge in [-0.05, 0) is 41.8 Å². The first-order chi connectivity index (χ1) is 8.64. The van der Waals surface area contributed by atoms with Gasteiger partial charge in [0.15, 0.2) is 0 Å². The number of aromatic nitrogens is 1. The molecule has 2 rings (SSSR count). The summed E-state index contributed by atoms with van der Waals surface area (Å²) in [5.41, 5.74) is 0.559. The largest absolute Gasteiger partial charge is 0.385 e. The van der Waals surface area contributed by atoms with Gasteiger partial charge in [0.25, 0.3) is 0 Å². The average molecular weight is 245 g/mol. The second kappa shape index (κ2) is 5.27. The average Bonchev–Trinajstić information content (AvgIpc) is 2.40. The number of hydrogen-bond acceptors (Lipinski definition) is 2. The summed E-state index contributed by atoms with van der Waals surface area (Å²) in [5, 5.41) is 10.7. The van der Waals surface area contributed by atoms with E-state index in [0.717, 1.165) is 5.56 Å². The first-order valence-electron chi connectivity index (χ1n) is 6.01. The van der Waals surface area contributed by atoms with Crippen LogP contribution in [0.3, 0.4) is 0 Å². The molecular weight excluding hydrogens is 229 g/mol. The fraction of sp³-hybridized carbons (Fsp3) is 0.267. The summed E-state index contributed by atoms with van der Waals surface area (Å²) < 4.78 is 13.3. The molecule has 0 aliphatic carbocycles. The predicted octanol–water partition coefficient (Wildman–Crippen LogP) is 3.06. The van der Waals surface area contributed by atoms with Gasteiger partial charge in [0, 0.05) is 18.8 Å². The Labute approximate surface area is 106 Å². The molecule has 1 N–H and O–H groups in total. The van der Waals surface area contributed by atoms with E-state index in [1.807, 2.05) is 19.1 Å². The molecule has 1 heterocycles. The van der Waals surface area contributed by atoms with Crippen molar-refractivity contribution < 1.29 is 9.50 Å². The van der Waals surface area contributed by atoms with E-state index < -0.39 is 5.60 Å². The molecule has 3 heteroatoms. The molecule has 0 spiro atoms. The van der Waals surface area contributed by atoms with Gasteiger partial charge in [-0.25, -0.2) is 4.39 Å². The number of benzene rings is 1. The van der Waals surface area contributed by atoms with Crippen LogP contribution in [0.25, 0.3) is 0 Å². The third-order valence-corrected chi connectivity index (χ3v) is 3.19. The zero-order valence-electron chi connectivity index (χ0n) is 10.3. The van der Waals surface area contributed by atoms with E-state index in [9.17, 15) is 9.50 Å². The third kappa shape index (κ3) is 2.74. The highest BCUT2D eigenvalue weighted by atomic mass is 19.1. The number of hydrogen-bond donors (Lipinski definition) is 1. The summed E-state index contributed by atoms with van der Waals surface area (Å²) >= 11 is 0. The molecule has 2 nitrogen and oxygen atoms in total. The maximum atomic E-state index is 13.3. The van der Waals surface area contributed by atoms with Gasteiger partial charge in [-0.1, -0.05) is 19.1 Å². The van der Waals surface area contributed by atoms with E-state index in [2.05, 4.69) is 4.98 Å². The molecule has 18 heavy (non-hydrogen) atoms. The molecular formula is C15H16FNO. The van der Waals surface area contributed by atoms with Crippen LogP contribution < -0.4 is 0 Å². The van der Waals surface area contributed by atoms with Gasteiger partial charge in [-0.15, -0.1) is 0 Å². The summed E-state index contributed by atoms with van der Waals surface area (Å²) in [7, 11) is 0. The van der Waals surface area contributed by atoms with E-state index in [4.69, 9.17) is 0 Å². The first kappa shape index (κ1) is 12.7. The topological polar surface area (TPSA) is 33.1 Å². The molecule has 0 aliphatic rings. The quantitative estimate of drug-likeness (QED) is 0.898. The van der Waals surface area contributed by atoms with Gasteiger partial charge >= 0.3 is 0 Å². The van der Waals surface area contributed by atoms with E-state index in [1.54, 1.807) is 24.5 Å². The van der Waals surface area contributed by atoms with Gasteiger partial charge in [-0.2, -0.15) is 0 Å². The Balaban J connectivity index is 2.31. The Kier molecular flexibility index (Phi) is 3.72. The molecule has 94 valence electrons. The zero-order valence-corrected chi connectivity index (χ0v) is 10.3. The van der Waals surface area contributed by atoms with Gasteiger partial charge in [0.2, 0.25) is 0 Å². The van der Waals surface area contributed by atoms with Gasteiger partial charge in [0.1, 0.15) is 5.82 Å². The van der Waals surface area contributed by atoms with Crippen LogP contribution in [0.5, 0.6) is 0 Å². The summed E-state index contributed by atoms with van der Waals surface area (Å²) in [5.74, 6) is -0.325. The lowest BCUT2D eigenvalue weighted by molar-refractivity contribution is 0.0324. The van der Waals surface area contributed by atoms with Crippen LogP contribution >= 0.6 is 0 Å². The highest BCUT2D eigenvalue weighted by Gasteiger charge is 2.27. The fourth-order valence-corrected chi connectivity index (χ4v) is 2.05. The predicted molar refractivity (Wildman–Crippen MR) is 68.5 cm³/mol. The van der Waals surface area contributed by atoms with Crippen molar-refractivity contribution in [1.82, 2.24) is 4.98 Å². The lowest BCUT2D eigenvalue weighted by atomic mass is 9.85. The highest BCUT2D eigenvalue weighted by molar-refractivity contribution is 5.26. The van der Waals surface area contributed by atoms with Crippen LogP contribution in [0.4, 0.5) is 4.39 Å². The summed E-state index contributed by atoms with van der Waals surface area (Å²) in [6.07, 6.45) is 4.36. The molecule has 0 radical (unpaired) electrons. The van der Waals surface area contributed by atoms with Crippen LogP contribution in [-0.4, -0.2) is 10.1 Å². The molecule has 1 aromatic heterocycles. The van der Waals surface area contributed by atoms with Crippen LogP contribution in [0, 0.1) is 5.82 Å². The molecule has 0 saturated heterocycles. The summed E-state index contributed by atoms with van der Waals surface area (Å²) in [6, 6.07) is 9.88. The van der Waals surface area contributed by atoms with Crippen LogP contribution in [0.15, 0.2) is 48.8 Å². The molecule has 1 atom stereocenters. The van der Waals surface area contributed by atoms with Crippen molar-refractivity contribution in [1.29, 1.82) is 0 Å². The number of aliphatic hydroxyl groups is 1. The van der Waals surface area contributed by atoms with E-state index in [0.29, 0.717) is 18.4 Å². The minimum absolute atomic E-state index is 0.325.